The molecule has 1 aliphatic heterocycles. The molecular weight excluding hydrogens is 214 g/mol. The van der Waals surface area contributed by atoms with Crippen LogP contribution in [0.5, 0.6) is 0 Å². The van der Waals surface area contributed by atoms with Crippen LogP contribution in [0.4, 0.5) is 5.95 Å². The summed E-state index contributed by atoms with van der Waals surface area (Å²) in [7, 11) is 2.09. The Labute approximate surface area is 100 Å². The minimum atomic E-state index is 0.518. The van der Waals surface area contributed by atoms with Crippen LogP contribution in [-0.4, -0.2) is 41.1 Å². The molecule has 0 radical (unpaired) electrons. The molecule has 1 saturated heterocycles. The van der Waals surface area contributed by atoms with E-state index in [9.17, 15) is 0 Å². The van der Waals surface area contributed by atoms with Gasteiger partial charge in [0.05, 0.1) is 5.52 Å². The van der Waals surface area contributed by atoms with Crippen molar-refractivity contribution in [2.45, 2.75) is 18.9 Å². The van der Waals surface area contributed by atoms with E-state index in [0.717, 1.165) is 30.2 Å². The first kappa shape index (κ1) is 10.5. The lowest BCUT2D eigenvalue weighted by Crippen LogP contribution is -2.44. The molecule has 0 saturated carbocycles. The molecule has 0 bridgehead atoms. The molecule has 3 rings (SSSR count). The predicted octanol–water partition coefficient (Wildman–Crippen LogP) is 1.15. The normalized spacial score (nSPS) is 20.6. The van der Waals surface area contributed by atoms with Gasteiger partial charge in [0.15, 0.2) is 5.65 Å². The zero-order valence-electron chi connectivity index (χ0n) is 9.98. The van der Waals surface area contributed by atoms with Crippen LogP contribution in [0.15, 0.2) is 18.3 Å². The molecule has 5 heteroatoms. The largest absolute Gasteiger partial charge is 0.341 e. The number of aromatic amines is 1. The molecule has 1 atom stereocenters. The second-order valence-corrected chi connectivity index (χ2v) is 4.55. The zero-order valence-corrected chi connectivity index (χ0v) is 9.98. The molecule has 1 fully saturated rings. The van der Waals surface area contributed by atoms with E-state index in [1.54, 1.807) is 6.20 Å². The summed E-state index contributed by atoms with van der Waals surface area (Å²) in [6.07, 6.45) is 4.22. The van der Waals surface area contributed by atoms with Crippen molar-refractivity contribution in [2.24, 2.45) is 0 Å². The van der Waals surface area contributed by atoms with Crippen LogP contribution in [0.25, 0.3) is 11.2 Å². The van der Waals surface area contributed by atoms with Crippen molar-refractivity contribution < 1.29 is 0 Å². The van der Waals surface area contributed by atoms with Crippen molar-refractivity contribution in [3.05, 3.63) is 18.3 Å². The highest BCUT2D eigenvalue weighted by Crippen LogP contribution is 2.18. The molecule has 0 aliphatic carbocycles. The van der Waals surface area contributed by atoms with Gasteiger partial charge in [0, 0.05) is 25.8 Å². The Balaban J connectivity index is 1.86. The zero-order chi connectivity index (χ0) is 11.7. The van der Waals surface area contributed by atoms with Crippen molar-refractivity contribution in [1.29, 1.82) is 0 Å². The van der Waals surface area contributed by atoms with Crippen LogP contribution in [0.1, 0.15) is 12.8 Å². The molecule has 5 nitrogen and oxygen atoms in total. The molecule has 0 spiro atoms. The van der Waals surface area contributed by atoms with Gasteiger partial charge in [-0.05, 0) is 31.5 Å². The van der Waals surface area contributed by atoms with Crippen LogP contribution in [0.3, 0.4) is 0 Å². The first-order valence-electron chi connectivity index (χ1n) is 6.09. The third-order valence-corrected chi connectivity index (χ3v) is 3.40. The molecule has 3 heterocycles. The van der Waals surface area contributed by atoms with Crippen molar-refractivity contribution >= 4 is 17.1 Å². The molecular formula is C12H17N5. The average molecular weight is 231 g/mol. The van der Waals surface area contributed by atoms with E-state index >= 15 is 0 Å². The van der Waals surface area contributed by atoms with Crippen LogP contribution in [-0.2, 0) is 0 Å². The lowest BCUT2D eigenvalue weighted by atomic mass is 10.1. The van der Waals surface area contributed by atoms with Gasteiger partial charge in [-0.25, -0.2) is 4.98 Å². The van der Waals surface area contributed by atoms with E-state index < -0.39 is 0 Å². The third-order valence-electron chi connectivity index (χ3n) is 3.40. The maximum absolute atomic E-state index is 4.52. The number of piperidine rings is 1. The molecule has 2 N–H and O–H groups in total. The van der Waals surface area contributed by atoms with Gasteiger partial charge in [-0.3, -0.25) is 0 Å². The fourth-order valence-electron chi connectivity index (χ4n) is 2.34. The number of hydrogen-bond donors (Lipinski definition) is 2. The van der Waals surface area contributed by atoms with Crippen molar-refractivity contribution in [2.75, 3.05) is 25.0 Å². The van der Waals surface area contributed by atoms with E-state index in [-0.39, 0.29) is 0 Å². The second-order valence-electron chi connectivity index (χ2n) is 4.55. The quantitative estimate of drug-likeness (QED) is 0.814. The highest BCUT2D eigenvalue weighted by Gasteiger charge is 2.20. The number of aromatic nitrogens is 3. The highest BCUT2D eigenvalue weighted by atomic mass is 15.3. The van der Waals surface area contributed by atoms with Crippen LogP contribution in [0.2, 0.25) is 0 Å². The minimum absolute atomic E-state index is 0.518. The van der Waals surface area contributed by atoms with Gasteiger partial charge in [-0.1, -0.05) is 0 Å². The van der Waals surface area contributed by atoms with E-state index in [1.807, 2.05) is 12.1 Å². The number of hydrogen-bond acceptors (Lipinski definition) is 4. The maximum Gasteiger partial charge on any atom is 0.205 e. The third kappa shape index (κ3) is 1.98. The number of anilines is 1. The lowest BCUT2D eigenvalue weighted by Gasteiger charge is -2.31. The first-order valence-corrected chi connectivity index (χ1v) is 6.09. The summed E-state index contributed by atoms with van der Waals surface area (Å²) < 4.78 is 0. The SMILES string of the molecule is CN(c1nc2ncccc2[nH]1)[C@H]1CCCNC1. The van der Waals surface area contributed by atoms with E-state index in [2.05, 4.69) is 32.2 Å². The summed E-state index contributed by atoms with van der Waals surface area (Å²) in [6.45, 7) is 2.16. The standard InChI is InChI=1S/C12H17N5/c1-17(9-4-2-6-13-8-9)12-15-10-5-3-7-14-11(10)16-12/h3,5,7,9,13H,2,4,6,8H2,1H3,(H,14,15,16)/t9-/m0/s1. The summed E-state index contributed by atoms with van der Waals surface area (Å²) in [5.41, 5.74) is 1.79. The maximum atomic E-state index is 4.52. The van der Waals surface area contributed by atoms with Gasteiger partial charge in [0.2, 0.25) is 5.95 Å². The Kier molecular flexibility index (Phi) is 2.68. The highest BCUT2D eigenvalue weighted by molar-refractivity contribution is 5.73. The summed E-state index contributed by atoms with van der Waals surface area (Å²) in [6, 6.07) is 4.45. The number of imidazole rings is 1. The van der Waals surface area contributed by atoms with Gasteiger partial charge in [-0.15, -0.1) is 0 Å². The monoisotopic (exact) mass is 231 g/mol. The van der Waals surface area contributed by atoms with Gasteiger partial charge >= 0.3 is 0 Å². The summed E-state index contributed by atoms with van der Waals surface area (Å²) in [5.74, 6) is 0.910. The molecule has 1 aliphatic rings. The lowest BCUT2D eigenvalue weighted by molar-refractivity contribution is 0.442. The Morgan fingerprint density at radius 3 is 3.18 bits per heavy atom. The molecule has 0 aromatic carbocycles. The molecule has 90 valence electrons. The summed E-state index contributed by atoms with van der Waals surface area (Å²) >= 11 is 0. The van der Waals surface area contributed by atoms with Gasteiger partial charge < -0.3 is 15.2 Å². The number of fused-ring (bicyclic) bond motifs is 1. The number of pyridine rings is 1. The molecule has 17 heavy (non-hydrogen) atoms. The van der Waals surface area contributed by atoms with Crippen molar-refractivity contribution in [3.8, 4) is 0 Å². The van der Waals surface area contributed by atoms with Crippen LogP contribution >= 0.6 is 0 Å². The fourth-order valence-corrected chi connectivity index (χ4v) is 2.34. The predicted molar refractivity (Wildman–Crippen MR) is 68.2 cm³/mol. The molecule has 0 amide bonds. The molecule has 2 aromatic rings. The van der Waals surface area contributed by atoms with Crippen molar-refractivity contribution in [1.82, 2.24) is 20.3 Å². The fraction of sp³-hybridized carbons (Fsp3) is 0.500. The molecule has 0 unspecified atom stereocenters. The minimum Gasteiger partial charge on any atom is -0.341 e. The van der Waals surface area contributed by atoms with Gasteiger partial charge in [0.25, 0.3) is 0 Å². The topological polar surface area (TPSA) is 56.8 Å². The van der Waals surface area contributed by atoms with E-state index in [1.165, 1.54) is 12.8 Å². The summed E-state index contributed by atoms with van der Waals surface area (Å²) in [4.78, 5) is 14.3. The van der Waals surface area contributed by atoms with Crippen LogP contribution < -0.4 is 10.2 Å². The number of nitrogens with zero attached hydrogens (tertiary/aromatic N) is 3. The number of nitrogens with one attached hydrogen (secondary N) is 2. The first-order chi connectivity index (χ1) is 8.34. The number of H-pyrrole nitrogens is 1. The number of rotatable bonds is 2. The molecule has 2 aromatic heterocycles. The summed E-state index contributed by atoms with van der Waals surface area (Å²) in [5, 5.41) is 3.42. The van der Waals surface area contributed by atoms with E-state index in [4.69, 9.17) is 0 Å². The van der Waals surface area contributed by atoms with Crippen molar-refractivity contribution in [3.63, 3.8) is 0 Å². The smallest absolute Gasteiger partial charge is 0.205 e. The Morgan fingerprint density at radius 2 is 2.41 bits per heavy atom. The second kappa shape index (κ2) is 4.33. The van der Waals surface area contributed by atoms with Crippen LogP contribution in [0, 0.1) is 0 Å². The van der Waals surface area contributed by atoms with Gasteiger partial charge in [0.1, 0.15) is 0 Å². The Morgan fingerprint density at radius 1 is 1.47 bits per heavy atom. The Bertz CT molecular complexity index is 467. The number of likely N-dealkylation sites (N-methyl/N-ethyl adjacent to an activating group) is 1. The average Bonchev–Trinajstić information content (AvgIpc) is 2.82. The van der Waals surface area contributed by atoms with Gasteiger partial charge in [-0.2, -0.15) is 4.98 Å². The van der Waals surface area contributed by atoms with E-state index in [0.29, 0.717) is 6.04 Å². The Hall–Kier alpha value is -1.62.